The van der Waals surface area contributed by atoms with Crippen LogP contribution < -0.4 is 10.6 Å². The predicted molar refractivity (Wildman–Crippen MR) is 92.9 cm³/mol. The van der Waals surface area contributed by atoms with E-state index in [-0.39, 0.29) is 28.4 Å². The summed E-state index contributed by atoms with van der Waals surface area (Å²) in [5.41, 5.74) is 7.49. The summed E-state index contributed by atoms with van der Waals surface area (Å²) in [4.78, 5) is 2.10. The van der Waals surface area contributed by atoms with E-state index in [9.17, 15) is 10.4 Å². The summed E-state index contributed by atoms with van der Waals surface area (Å²) >= 11 is 0. The molecule has 1 heterocycles. The van der Waals surface area contributed by atoms with Crippen LogP contribution in [-0.2, 0) is 0 Å². The molecular weight excluding hydrogens is 304 g/mol. The number of nitriles is 2. The van der Waals surface area contributed by atoms with Crippen LogP contribution in [0.1, 0.15) is 30.7 Å². The standard InChI is InChI=1S/C17H18N6O/c1-3-23(4-2)13-6-5-11(15(24)8-13)7-12(9-18)16-14(10-19)17(20)22-21-16/h5-8,24H,3-4H2,1-2H3,(H3,20,21,22). The third-order valence-corrected chi connectivity index (χ3v) is 3.74. The van der Waals surface area contributed by atoms with Crippen molar-refractivity contribution >= 4 is 23.2 Å². The van der Waals surface area contributed by atoms with Gasteiger partial charge in [-0.05, 0) is 32.1 Å². The van der Waals surface area contributed by atoms with E-state index < -0.39 is 0 Å². The molecule has 4 N–H and O–H groups in total. The molecule has 1 aromatic carbocycles. The largest absolute Gasteiger partial charge is 0.507 e. The van der Waals surface area contributed by atoms with Crippen molar-refractivity contribution in [3.05, 3.63) is 35.0 Å². The van der Waals surface area contributed by atoms with Crippen LogP contribution in [-0.4, -0.2) is 28.4 Å². The Morgan fingerprint density at radius 2 is 2.08 bits per heavy atom. The molecule has 0 aliphatic heterocycles. The zero-order valence-corrected chi connectivity index (χ0v) is 13.5. The highest BCUT2D eigenvalue weighted by molar-refractivity contribution is 5.92. The minimum atomic E-state index is 0.0368. The Morgan fingerprint density at radius 3 is 2.62 bits per heavy atom. The Bertz CT molecular complexity index is 849. The first-order valence-corrected chi connectivity index (χ1v) is 7.49. The van der Waals surface area contributed by atoms with Crippen molar-refractivity contribution in [3.8, 4) is 17.9 Å². The van der Waals surface area contributed by atoms with E-state index in [1.165, 1.54) is 6.08 Å². The average Bonchev–Trinajstić information content (AvgIpc) is 2.96. The predicted octanol–water partition coefficient (Wildman–Crippen LogP) is 2.48. The normalized spacial score (nSPS) is 10.9. The molecule has 2 rings (SSSR count). The molecule has 2 aromatic rings. The van der Waals surface area contributed by atoms with Crippen molar-refractivity contribution in [3.63, 3.8) is 0 Å². The van der Waals surface area contributed by atoms with Gasteiger partial charge in [0.15, 0.2) is 5.82 Å². The number of benzene rings is 1. The van der Waals surface area contributed by atoms with Crippen LogP contribution in [0.25, 0.3) is 11.6 Å². The van der Waals surface area contributed by atoms with Gasteiger partial charge in [-0.2, -0.15) is 15.6 Å². The Kier molecular flexibility index (Phi) is 5.08. The van der Waals surface area contributed by atoms with Crippen molar-refractivity contribution in [1.29, 1.82) is 10.5 Å². The monoisotopic (exact) mass is 322 g/mol. The molecule has 7 nitrogen and oxygen atoms in total. The van der Waals surface area contributed by atoms with Gasteiger partial charge in [-0.15, -0.1) is 0 Å². The van der Waals surface area contributed by atoms with Crippen LogP contribution in [0.2, 0.25) is 0 Å². The SMILES string of the molecule is CCN(CC)c1ccc(C=C(C#N)c2[nH]nc(N)c2C#N)c(O)c1. The molecule has 0 saturated heterocycles. The highest BCUT2D eigenvalue weighted by Crippen LogP contribution is 2.29. The number of H-pyrrole nitrogens is 1. The fourth-order valence-electron chi connectivity index (χ4n) is 2.42. The van der Waals surface area contributed by atoms with Gasteiger partial charge in [0.2, 0.25) is 0 Å². The molecule has 0 radical (unpaired) electrons. The number of aromatic amines is 1. The number of allylic oxidation sites excluding steroid dienone is 1. The fourth-order valence-corrected chi connectivity index (χ4v) is 2.42. The van der Waals surface area contributed by atoms with Crippen LogP contribution in [0.5, 0.6) is 5.75 Å². The molecule has 0 fully saturated rings. The molecule has 0 unspecified atom stereocenters. The average molecular weight is 322 g/mol. The van der Waals surface area contributed by atoms with Gasteiger partial charge in [-0.3, -0.25) is 5.10 Å². The third kappa shape index (κ3) is 3.16. The summed E-state index contributed by atoms with van der Waals surface area (Å²) in [5.74, 6) is 0.0906. The summed E-state index contributed by atoms with van der Waals surface area (Å²) < 4.78 is 0. The summed E-state index contributed by atoms with van der Waals surface area (Å²) in [6, 6.07) is 9.18. The molecule has 0 amide bonds. The summed E-state index contributed by atoms with van der Waals surface area (Å²) in [7, 11) is 0. The molecule has 24 heavy (non-hydrogen) atoms. The highest BCUT2D eigenvalue weighted by Gasteiger charge is 2.15. The van der Waals surface area contributed by atoms with Gasteiger partial charge in [-0.1, -0.05) is 0 Å². The van der Waals surface area contributed by atoms with Gasteiger partial charge < -0.3 is 15.7 Å². The molecule has 1 aromatic heterocycles. The smallest absolute Gasteiger partial charge is 0.163 e. The fraction of sp³-hybridized carbons (Fsp3) is 0.235. The molecular formula is C17H18N6O. The minimum absolute atomic E-state index is 0.0368. The van der Waals surface area contributed by atoms with Gasteiger partial charge in [-0.25, -0.2) is 0 Å². The molecule has 0 bridgehead atoms. The topological polar surface area (TPSA) is 126 Å². The lowest BCUT2D eigenvalue weighted by Gasteiger charge is -2.21. The number of nitrogens with two attached hydrogens (primary N) is 1. The first-order chi connectivity index (χ1) is 11.5. The number of aromatic nitrogens is 2. The number of phenolic OH excluding ortho intramolecular Hbond substituents is 1. The second-order valence-corrected chi connectivity index (χ2v) is 5.06. The van der Waals surface area contributed by atoms with Crippen molar-refractivity contribution in [2.45, 2.75) is 13.8 Å². The van der Waals surface area contributed by atoms with Gasteiger partial charge in [0.05, 0.1) is 11.3 Å². The van der Waals surface area contributed by atoms with E-state index in [1.807, 2.05) is 32.1 Å². The lowest BCUT2D eigenvalue weighted by atomic mass is 10.0. The van der Waals surface area contributed by atoms with Gasteiger partial charge in [0, 0.05) is 30.4 Å². The van der Waals surface area contributed by atoms with Crippen LogP contribution in [0.3, 0.4) is 0 Å². The maximum absolute atomic E-state index is 10.3. The highest BCUT2D eigenvalue weighted by atomic mass is 16.3. The second-order valence-electron chi connectivity index (χ2n) is 5.06. The number of aromatic hydroxyl groups is 1. The number of anilines is 2. The number of hydrogen-bond acceptors (Lipinski definition) is 6. The maximum Gasteiger partial charge on any atom is 0.163 e. The zero-order chi connectivity index (χ0) is 17.7. The quantitative estimate of drug-likeness (QED) is 0.726. The zero-order valence-electron chi connectivity index (χ0n) is 13.5. The molecule has 0 saturated carbocycles. The maximum atomic E-state index is 10.3. The van der Waals surface area contributed by atoms with E-state index in [2.05, 4.69) is 15.1 Å². The number of hydrogen-bond donors (Lipinski definition) is 3. The van der Waals surface area contributed by atoms with Crippen molar-refractivity contribution in [2.24, 2.45) is 0 Å². The van der Waals surface area contributed by atoms with Gasteiger partial charge in [0.1, 0.15) is 23.5 Å². The van der Waals surface area contributed by atoms with Crippen LogP contribution >= 0.6 is 0 Å². The summed E-state index contributed by atoms with van der Waals surface area (Å²) in [5, 5.41) is 35.1. The van der Waals surface area contributed by atoms with Crippen LogP contribution in [0, 0.1) is 22.7 Å². The number of phenols is 1. The first kappa shape index (κ1) is 16.9. The first-order valence-electron chi connectivity index (χ1n) is 7.49. The molecule has 0 atom stereocenters. The van der Waals surface area contributed by atoms with E-state index in [4.69, 9.17) is 11.0 Å². The second kappa shape index (κ2) is 7.21. The Morgan fingerprint density at radius 1 is 1.38 bits per heavy atom. The lowest BCUT2D eigenvalue weighted by molar-refractivity contribution is 0.474. The Hall–Kier alpha value is -3.45. The summed E-state index contributed by atoms with van der Waals surface area (Å²) in [6.07, 6.45) is 1.50. The van der Waals surface area contributed by atoms with Gasteiger partial charge >= 0.3 is 0 Å². The number of nitrogens with zero attached hydrogens (tertiary/aromatic N) is 4. The molecule has 0 spiro atoms. The molecule has 7 heteroatoms. The molecule has 0 aliphatic rings. The number of nitrogens with one attached hydrogen (secondary N) is 1. The molecule has 122 valence electrons. The third-order valence-electron chi connectivity index (χ3n) is 3.74. The van der Waals surface area contributed by atoms with Crippen molar-refractivity contribution in [1.82, 2.24) is 10.2 Å². The number of nitrogen functional groups attached to an aromatic ring is 1. The van der Waals surface area contributed by atoms with E-state index in [1.54, 1.807) is 12.1 Å². The minimum Gasteiger partial charge on any atom is -0.507 e. The Labute approximate surface area is 140 Å². The van der Waals surface area contributed by atoms with E-state index in [0.717, 1.165) is 18.8 Å². The lowest BCUT2D eigenvalue weighted by Crippen LogP contribution is -2.21. The summed E-state index contributed by atoms with van der Waals surface area (Å²) in [6.45, 7) is 5.73. The van der Waals surface area contributed by atoms with E-state index >= 15 is 0 Å². The van der Waals surface area contributed by atoms with Crippen LogP contribution in [0.4, 0.5) is 11.5 Å². The van der Waals surface area contributed by atoms with Crippen molar-refractivity contribution < 1.29 is 5.11 Å². The molecule has 0 aliphatic carbocycles. The van der Waals surface area contributed by atoms with Crippen molar-refractivity contribution in [2.75, 3.05) is 23.7 Å². The van der Waals surface area contributed by atoms with Crippen LogP contribution in [0.15, 0.2) is 18.2 Å². The van der Waals surface area contributed by atoms with E-state index in [0.29, 0.717) is 5.56 Å². The van der Waals surface area contributed by atoms with Gasteiger partial charge in [0.25, 0.3) is 0 Å². The Balaban J connectivity index is 2.46. The number of rotatable bonds is 5.